The number of urea groups is 1. The summed E-state index contributed by atoms with van der Waals surface area (Å²) in [5, 5.41) is 15.3. The minimum atomic E-state index is -0.574. The van der Waals surface area contributed by atoms with Crippen molar-refractivity contribution in [3.8, 4) is 6.07 Å². The van der Waals surface area contributed by atoms with E-state index in [1.165, 1.54) is 5.69 Å². The highest BCUT2D eigenvalue weighted by molar-refractivity contribution is 5.90. The van der Waals surface area contributed by atoms with Gasteiger partial charge in [-0.15, -0.1) is 0 Å². The molecule has 0 bridgehead atoms. The molecule has 2 N–H and O–H groups in total. The van der Waals surface area contributed by atoms with Gasteiger partial charge in [-0.1, -0.05) is 26.2 Å². The molecule has 0 unspecified atom stereocenters. The van der Waals surface area contributed by atoms with Crippen LogP contribution in [0.3, 0.4) is 0 Å². The zero-order chi connectivity index (χ0) is 22.4. The SMILES string of the molecule is CCN1CCN(c2ccc(NC(=O)NC3(c4ccnc(C#N)n4)CCCCC3)cc2)CC1. The van der Waals surface area contributed by atoms with Gasteiger partial charge in [-0.3, -0.25) is 0 Å². The lowest BCUT2D eigenvalue weighted by Gasteiger charge is -2.37. The minimum Gasteiger partial charge on any atom is -0.369 e. The fraction of sp³-hybridized carbons (Fsp3) is 0.500. The lowest BCUT2D eigenvalue weighted by Crippen LogP contribution is -2.49. The summed E-state index contributed by atoms with van der Waals surface area (Å²) in [6.45, 7) is 7.50. The van der Waals surface area contributed by atoms with Crippen molar-refractivity contribution in [3.05, 3.63) is 48.0 Å². The minimum absolute atomic E-state index is 0.130. The van der Waals surface area contributed by atoms with E-state index in [0.29, 0.717) is 5.69 Å². The Hall–Kier alpha value is -3.18. The van der Waals surface area contributed by atoms with Crippen molar-refractivity contribution < 1.29 is 4.79 Å². The van der Waals surface area contributed by atoms with Gasteiger partial charge in [0.2, 0.25) is 5.82 Å². The van der Waals surface area contributed by atoms with Crippen LogP contribution in [0.1, 0.15) is 50.5 Å². The molecule has 2 aliphatic rings. The Labute approximate surface area is 189 Å². The van der Waals surface area contributed by atoms with E-state index in [-0.39, 0.29) is 11.9 Å². The van der Waals surface area contributed by atoms with Gasteiger partial charge in [-0.25, -0.2) is 14.8 Å². The van der Waals surface area contributed by atoms with Crippen LogP contribution < -0.4 is 15.5 Å². The number of benzene rings is 1. The molecule has 32 heavy (non-hydrogen) atoms. The fourth-order valence-electron chi connectivity index (χ4n) is 4.74. The number of carbonyl (C=O) groups excluding carboxylic acids is 1. The molecule has 1 aliphatic carbocycles. The smallest absolute Gasteiger partial charge is 0.319 e. The number of hydrogen-bond donors (Lipinski definition) is 2. The quantitative estimate of drug-likeness (QED) is 0.749. The molecule has 1 saturated heterocycles. The number of rotatable bonds is 5. The predicted octanol–water partition coefficient (Wildman–Crippen LogP) is 3.47. The summed E-state index contributed by atoms with van der Waals surface area (Å²) in [7, 11) is 0. The van der Waals surface area contributed by atoms with Crippen LogP contribution in [0.25, 0.3) is 0 Å². The number of nitrogens with one attached hydrogen (secondary N) is 2. The monoisotopic (exact) mass is 433 g/mol. The maximum atomic E-state index is 12.9. The highest BCUT2D eigenvalue weighted by Gasteiger charge is 2.37. The van der Waals surface area contributed by atoms with Crippen molar-refractivity contribution in [3.63, 3.8) is 0 Å². The third-order valence-corrected chi connectivity index (χ3v) is 6.62. The van der Waals surface area contributed by atoms with Crippen molar-refractivity contribution in [1.29, 1.82) is 5.26 Å². The first-order valence-electron chi connectivity index (χ1n) is 11.5. The molecule has 2 amide bonds. The zero-order valence-electron chi connectivity index (χ0n) is 18.7. The number of nitriles is 1. The number of carbonyl (C=O) groups is 1. The Morgan fingerprint density at radius 2 is 1.81 bits per heavy atom. The third-order valence-electron chi connectivity index (χ3n) is 6.62. The van der Waals surface area contributed by atoms with Gasteiger partial charge in [0.15, 0.2) is 0 Å². The van der Waals surface area contributed by atoms with Crippen LogP contribution in [0.5, 0.6) is 0 Å². The van der Waals surface area contributed by atoms with Crippen LogP contribution in [0, 0.1) is 11.3 Å². The van der Waals surface area contributed by atoms with Crippen LogP contribution in [0.15, 0.2) is 36.5 Å². The van der Waals surface area contributed by atoms with Crippen LogP contribution in [-0.4, -0.2) is 53.6 Å². The van der Waals surface area contributed by atoms with Gasteiger partial charge >= 0.3 is 6.03 Å². The summed E-state index contributed by atoms with van der Waals surface area (Å²) in [5.41, 5.74) is 2.07. The molecular weight excluding hydrogens is 402 g/mol. The molecule has 1 saturated carbocycles. The number of piperazine rings is 1. The zero-order valence-corrected chi connectivity index (χ0v) is 18.7. The summed E-state index contributed by atoms with van der Waals surface area (Å²) < 4.78 is 0. The summed E-state index contributed by atoms with van der Waals surface area (Å²) >= 11 is 0. The normalized spacial score (nSPS) is 18.6. The third kappa shape index (κ3) is 5.00. The molecule has 8 heteroatoms. The molecule has 168 valence electrons. The van der Waals surface area contributed by atoms with E-state index in [2.05, 4.69) is 49.5 Å². The second kappa shape index (κ2) is 9.96. The van der Waals surface area contributed by atoms with Crippen molar-refractivity contribution in [2.24, 2.45) is 0 Å². The maximum absolute atomic E-state index is 12.9. The highest BCUT2D eigenvalue weighted by Crippen LogP contribution is 2.36. The van der Waals surface area contributed by atoms with E-state index in [9.17, 15) is 10.1 Å². The number of anilines is 2. The van der Waals surface area contributed by atoms with Crippen molar-refractivity contribution >= 4 is 17.4 Å². The van der Waals surface area contributed by atoms with E-state index in [1.54, 1.807) is 12.3 Å². The van der Waals surface area contributed by atoms with Crippen LogP contribution in [-0.2, 0) is 5.54 Å². The lowest BCUT2D eigenvalue weighted by atomic mass is 9.79. The number of likely N-dealkylation sites (N-methyl/N-ethyl adjacent to an activating group) is 1. The summed E-state index contributed by atoms with van der Waals surface area (Å²) in [6.07, 6.45) is 6.33. The Morgan fingerprint density at radius 3 is 2.47 bits per heavy atom. The Bertz CT molecular complexity index is 955. The first-order chi connectivity index (χ1) is 15.6. The Kier molecular flexibility index (Phi) is 6.86. The van der Waals surface area contributed by atoms with E-state index >= 15 is 0 Å². The van der Waals surface area contributed by atoms with E-state index < -0.39 is 5.54 Å². The van der Waals surface area contributed by atoms with E-state index in [0.717, 1.165) is 70.5 Å². The van der Waals surface area contributed by atoms with Gasteiger partial charge in [0.25, 0.3) is 0 Å². The van der Waals surface area contributed by atoms with Crippen LogP contribution in [0.4, 0.5) is 16.2 Å². The van der Waals surface area contributed by atoms with Crippen molar-refractivity contribution in [2.45, 2.75) is 44.6 Å². The van der Waals surface area contributed by atoms with Gasteiger partial charge < -0.3 is 20.4 Å². The van der Waals surface area contributed by atoms with Crippen LogP contribution in [0.2, 0.25) is 0 Å². The maximum Gasteiger partial charge on any atom is 0.319 e. The highest BCUT2D eigenvalue weighted by atomic mass is 16.2. The first-order valence-corrected chi connectivity index (χ1v) is 11.5. The lowest BCUT2D eigenvalue weighted by molar-refractivity contribution is 0.209. The largest absolute Gasteiger partial charge is 0.369 e. The number of amides is 2. The van der Waals surface area contributed by atoms with Gasteiger partial charge in [0, 0.05) is 43.8 Å². The predicted molar refractivity (Wildman–Crippen MR) is 124 cm³/mol. The summed E-state index contributed by atoms with van der Waals surface area (Å²) in [6, 6.07) is 11.6. The first kappa shape index (κ1) is 22.0. The Balaban J connectivity index is 1.42. The fourth-order valence-corrected chi connectivity index (χ4v) is 4.74. The van der Waals surface area contributed by atoms with Gasteiger partial charge in [-0.2, -0.15) is 5.26 Å². The molecule has 2 heterocycles. The van der Waals surface area contributed by atoms with Crippen LogP contribution >= 0.6 is 0 Å². The van der Waals surface area contributed by atoms with Gasteiger partial charge in [-0.05, 0) is 49.7 Å². The Morgan fingerprint density at radius 1 is 1.09 bits per heavy atom. The van der Waals surface area contributed by atoms with Gasteiger partial charge in [0.1, 0.15) is 6.07 Å². The number of hydrogen-bond acceptors (Lipinski definition) is 6. The van der Waals surface area contributed by atoms with Gasteiger partial charge in [0.05, 0.1) is 11.2 Å². The summed E-state index contributed by atoms with van der Waals surface area (Å²) in [5.74, 6) is 0.130. The van der Waals surface area contributed by atoms with Crippen molar-refractivity contribution in [2.75, 3.05) is 42.9 Å². The molecular formula is C24H31N7O. The average molecular weight is 434 g/mol. The number of aromatic nitrogens is 2. The molecule has 1 aromatic heterocycles. The second-order valence-electron chi connectivity index (χ2n) is 8.57. The molecule has 0 spiro atoms. The molecule has 8 nitrogen and oxygen atoms in total. The number of nitrogens with zero attached hydrogens (tertiary/aromatic N) is 5. The molecule has 2 fully saturated rings. The molecule has 1 aromatic carbocycles. The molecule has 2 aromatic rings. The standard InChI is InChI=1S/C24H31N7O/c1-2-30-14-16-31(17-15-30)20-8-6-19(7-9-20)27-23(32)29-24(11-4-3-5-12-24)21-10-13-26-22(18-25)28-21/h6-10,13H,2-5,11-12,14-17H2,1H3,(H2,27,29,32). The topological polar surface area (TPSA) is 97.2 Å². The summed E-state index contributed by atoms with van der Waals surface area (Å²) in [4.78, 5) is 26.1. The second-order valence-corrected chi connectivity index (χ2v) is 8.57. The molecule has 1 aliphatic heterocycles. The van der Waals surface area contributed by atoms with E-state index in [4.69, 9.17) is 0 Å². The van der Waals surface area contributed by atoms with E-state index in [1.807, 2.05) is 18.2 Å². The molecule has 0 atom stereocenters. The molecule has 4 rings (SSSR count). The van der Waals surface area contributed by atoms with Crippen molar-refractivity contribution in [1.82, 2.24) is 20.2 Å². The molecule has 0 radical (unpaired) electrons. The average Bonchev–Trinajstić information content (AvgIpc) is 2.85.